The van der Waals surface area contributed by atoms with Gasteiger partial charge in [0.1, 0.15) is 0 Å². The van der Waals surface area contributed by atoms with Crippen molar-refractivity contribution in [2.24, 2.45) is 0 Å². The number of anilines is 1. The molecule has 4 nitrogen and oxygen atoms in total. The molecule has 4 heteroatoms. The second-order valence-corrected chi connectivity index (χ2v) is 3.10. The lowest BCUT2D eigenvalue weighted by atomic mass is 10.2. The molecule has 0 fully saturated rings. The van der Waals surface area contributed by atoms with Crippen molar-refractivity contribution in [3.63, 3.8) is 0 Å². The molecule has 0 bridgehead atoms. The van der Waals surface area contributed by atoms with Crippen LogP contribution in [-0.4, -0.2) is 41.5 Å². The number of nitrogens with zero attached hydrogens (tertiary/aromatic N) is 2. The molecule has 0 radical (unpaired) electrons. The van der Waals surface area contributed by atoms with Gasteiger partial charge < -0.3 is 15.1 Å². The summed E-state index contributed by atoms with van der Waals surface area (Å²) in [5.74, 6) is 0. The third-order valence-corrected chi connectivity index (χ3v) is 2.07. The third kappa shape index (κ3) is 2.68. The Balaban J connectivity index is 2.81. The number of aliphatic hydroxyl groups excluding tert-OH is 2. The molecule has 0 aliphatic rings. The van der Waals surface area contributed by atoms with Crippen LogP contribution in [0.2, 0.25) is 0 Å². The van der Waals surface area contributed by atoms with Crippen LogP contribution < -0.4 is 4.90 Å². The Morgan fingerprint density at radius 3 is 2.43 bits per heavy atom. The summed E-state index contributed by atoms with van der Waals surface area (Å²) in [6, 6.07) is 1.89. The van der Waals surface area contributed by atoms with Crippen LogP contribution >= 0.6 is 0 Å². The molecule has 0 saturated carbocycles. The van der Waals surface area contributed by atoms with Crippen molar-refractivity contribution in [2.75, 3.05) is 31.2 Å². The van der Waals surface area contributed by atoms with E-state index in [9.17, 15) is 0 Å². The largest absolute Gasteiger partial charge is 0.395 e. The molecule has 0 aliphatic carbocycles. The molecule has 0 amide bonds. The summed E-state index contributed by atoms with van der Waals surface area (Å²) < 4.78 is 0. The molecule has 0 spiro atoms. The van der Waals surface area contributed by atoms with Crippen LogP contribution in [0.3, 0.4) is 0 Å². The van der Waals surface area contributed by atoms with Crippen molar-refractivity contribution in [2.45, 2.75) is 6.92 Å². The minimum Gasteiger partial charge on any atom is -0.395 e. The maximum absolute atomic E-state index is 8.88. The molecule has 0 aliphatic heterocycles. The van der Waals surface area contributed by atoms with Gasteiger partial charge >= 0.3 is 0 Å². The van der Waals surface area contributed by atoms with Crippen LogP contribution in [-0.2, 0) is 0 Å². The summed E-state index contributed by atoms with van der Waals surface area (Å²) in [5, 5.41) is 17.8. The second kappa shape index (κ2) is 5.57. The van der Waals surface area contributed by atoms with Gasteiger partial charge in [0, 0.05) is 31.2 Å². The summed E-state index contributed by atoms with van der Waals surface area (Å²) >= 11 is 0. The van der Waals surface area contributed by atoms with Crippen molar-refractivity contribution in [1.29, 1.82) is 0 Å². The average molecular weight is 196 g/mol. The minimum atomic E-state index is 0.0851. The fourth-order valence-corrected chi connectivity index (χ4v) is 1.41. The maximum Gasteiger partial charge on any atom is 0.0606 e. The number of rotatable bonds is 5. The Labute approximate surface area is 83.8 Å². The lowest BCUT2D eigenvalue weighted by molar-refractivity contribution is 0.281. The van der Waals surface area contributed by atoms with Crippen LogP contribution in [0.15, 0.2) is 18.5 Å². The van der Waals surface area contributed by atoms with E-state index in [0.29, 0.717) is 13.1 Å². The summed E-state index contributed by atoms with van der Waals surface area (Å²) in [5.41, 5.74) is 2.07. The molecule has 78 valence electrons. The lowest BCUT2D eigenvalue weighted by Crippen LogP contribution is -2.30. The highest BCUT2D eigenvalue weighted by molar-refractivity contribution is 5.51. The van der Waals surface area contributed by atoms with Crippen molar-refractivity contribution < 1.29 is 10.2 Å². The van der Waals surface area contributed by atoms with Crippen molar-refractivity contribution in [3.8, 4) is 0 Å². The maximum atomic E-state index is 8.88. The van der Waals surface area contributed by atoms with E-state index < -0.39 is 0 Å². The first-order valence-corrected chi connectivity index (χ1v) is 4.67. The van der Waals surface area contributed by atoms with Crippen LogP contribution in [0.1, 0.15) is 5.56 Å². The number of pyridine rings is 1. The molecular weight excluding hydrogens is 180 g/mol. The quantitative estimate of drug-likeness (QED) is 0.705. The highest BCUT2D eigenvalue weighted by Crippen LogP contribution is 2.17. The number of aliphatic hydroxyl groups is 2. The molecule has 1 aromatic heterocycles. The van der Waals surface area contributed by atoms with Gasteiger partial charge in [-0.2, -0.15) is 0 Å². The van der Waals surface area contributed by atoms with Gasteiger partial charge in [-0.25, -0.2) is 0 Å². The molecule has 1 rings (SSSR count). The molecule has 0 unspecified atom stereocenters. The van der Waals surface area contributed by atoms with Gasteiger partial charge in [-0.3, -0.25) is 4.98 Å². The van der Waals surface area contributed by atoms with Crippen LogP contribution in [0.25, 0.3) is 0 Å². The van der Waals surface area contributed by atoms with Gasteiger partial charge in [0.2, 0.25) is 0 Å². The summed E-state index contributed by atoms with van der Waals surface area (Å²) in [6.45, 7) is 3.20. The molecule has 0 saturated heterocycles. The average Bonchev–Trinajstić information content (AvgIpc) is 2.18. The van der Waals surface area contributed by atoms with Crippen molar-refractivity contribution >= 4 is 5.69 Å². The second-order valence-electron chi connectivity index (χ2n) is 3.10. The van der Waals surface area contributed by atoms with Gasteiger partial charge in [0.15, 0.2) is 0 Å². The molecule has 0 aromatic carbocycles. The standard InChI is InChI=1S/C10H16N2O2/c1-9-8-11-3-2-10(9)12(4-6-13)5-7-14/h2-3,8,13-14H,4-7H2,1H3. The summed E-state index contributed by atoms with van der Waals surface area (Å²) in [7, 11) is 0. The Bertz CT molecular complexity index is 273. The van der Waals surface area contributed by atoms with Gasteiger partial charge in [-0.1, -0.05) is 0 Å². The lowest BCUT2D eigenvalue weighted by Gasteiger charge is -2.24. The fourth-order valence-electron chi connectivity index (χ4n) is 1.41. The minimum absolute atomic E-state index is 0.0851. The monoisotopic (exact) mass is 196 g/mol. The first-order chi connectivity index (χ1) is 6.79. The zero-order valence-corrected chi connectivity index (χ0v) is 8.35. The van der Waals surface area contributed by atoms with Crippen molar-refractivity contribution in [1.82, 2.24) is 4.98 Å². The molecule has 2 N–H and O–H groups in total. The van der Waals surface area contributed by atoms with Crippen LogP contribution in [0.4, 0.5) is 5.69 Å². The van der Waals surface area contributed by atoms with E-state index in [1.165, 1.54) is 0 Å². The highest BCUT2D eigenvalue weighted by Gasteiger charge is 2.07. The predicted octanol–water partition coefficient (Wildman–Crippen LogP) is 0.181. The van der Waals surface area contributed by atoms with E-state index in [2.05, 4.69) is 4.98 Å². The Hall–Kier alpha value is -1.13. The van der Waals surface area contributed by atoms with Gasteiger partial charge in [-0.05, 0) is 18.6 Å². The predicted molar refractivity (Wildman–Crippen MR) is 55.4 cm³/mol. The van der Waals surface area contributed by atoms with E-state index in [0.717, 1.165) is 11.3 Å². The zero-order chi connectivity index (χ0) is 10.4. The Morgan fingerprint density at radius 2 is 1.93 bits per heavy atom. The highest BCUT2D eigenvalue weighted by atomic mass is 16.3. The first-order valence-electron chi connectivity index (χ1n) is 4.67. The van der Waals surface area contributed by atoms with Crippen molar-refractivity contribution in [3.05, 3.63) is 24.0 Å². The summed E-state index contributed by atoms with van der Waals surface area (Å²) in [6.07, 6.45) is 3.49. The molecule has 0 atom stereocenters. The third-order valence-electron chi connectivity index (χ3n) is 2.07. The van der Waals surface area contributed by atoms with E-state index in [-0.39, 0.29) is 13.2 Å². The molecule has 14 heavy (non-hydrogen) atoms. The number of aromatic nitrogens is 1. The molecule has 1 aromatic rings. The normalized spacial score (nSPS) is 10.2. The fraction of sp³-hybridized carbons (Fsp3) is 0.500. The SMILES string of the molecule is Cc1cnccc1N(CCO)CCO. The molecular formula is C10H16N2O2. The number of hydrogen-bond donors (Lipinski definition) is 2. The van der Waals surface area contributed by atoms with Crippen LogP contribution in [0.5, 0.6) is 0 Å². The zero-order valence-electron chi connectivity index (χ0n) is 8.35. The number of aryl methyl sites for hydroxylation is 1. The van der Waals surface area contributed by atoms with Gasteiger partial charge in [-0.15, -0.1) is 0 Å². The van der Waals surface area contributed by atoms with E-state index in [4.69, 9.17) is 10.2 Å². The number of hydrogen-bond acceptors (Lipinski definition) is 4. The van der Waals surface area contributed by atoms with E-state index >= 15 is 0 Å². The van der Waals surface area contributed by atoms with E-state index in [1.807, 2.05) is 17.9 Å². The summed E-state index contributed by atoms with van der Waals surface area (Å²) in [4.78, 5) is 5.94. The Morgan fingerprint density at radius 1 is 1.29 bits per heavy atom. The van der Waals surface area contributed by atoms with Gasteiger partial charge in [0.25, 0.3) is 0 Å². The Kier molecular flexibility index (Phi) is 4.35. The van der Waals surface area contributed by atoms with E-state index in [1.54, 1.807) is 12.4 Å². The first kappa shape index (κ1) is 10.9. The van der Waals surface area contributed by atoms with Crippen LogP contribution in [0, 0.1) is 6.92 Å². The van der Waals surface area contributed by atoms with Gasteiger partial charge in [0.05, 0.1) is 13.2 Å². The molecule has 1 heterocycles. The smallest absolute Gasteiger partial charge is 0.0606 e. The topological polar surface area (TPSA) is 56.6 Å².